The topological polar surface area (TPSA) is 61.5 Å². The minimum atomic E-state index is -0.343. The van der Waals surface area contributed by atoms with Crippen molar-refractivity contribution in [2.45, 2.75) is 45.3 Å². The first-order chi connectivity index (χ1) is 9.06. The van der Waals surface area contributed by atoms with Crippen LogP contribution in [0.25, 0.3) is 0 Å². The van der Waals surface area contributed by atoms with E-state index in [-0.39, 0.29) is 24.7 Å². The summed E-state index contributed by atoms with van der Waals surface area (Å²) < 4.78 is 10.5. The van der Waals surface area contributed by atoms with Crippen LogP contribution in [0.15, 0.2) is 18.2 Å². The predicted octanol–water partition coefficient (Wildman–Crippen LogP) is 2.35. The van der Waals surface area contributed by atoms with Gasteiger partial charge in [0.2, 0.25) is 0 Å². The monoisotopic (exact) mass is 263 g/mol. The molecule has 1 atom stereocenters. The minimum absolute atomic E-state index is 0.0526. The van der Waals surface area contributed by atoms with Crippen molar-refractivity contribution in [1.82, 2.24) is 0 Å². The van der Waals surface area contributed by atoms with Crippen LogP contribution < -0.4 is 10.5 Å². The first kappa shape index (κ1) is 13.9. The highest BCUT2D eigenvalue weighted by atomic mass is 16.6. The van der Waals surface area contributed by atoms with Crippen molar-refractivity contribution in [2.24, 2.45) is 5.73 Å². The van der Waals surface area contributed by atoms with Crippen LogP contribution in [-0.4, -0.2) is 18.7 Å². The van der Waals surface area contributed by atoms with Gasteiger partial charge < -0.3 is 15.2 Å². The van der Waals surface area contributed by atoms with Gasteiger partial charge in [-0.1, -0.05) is 6.07 Å². The Labute approximate surface area is 113 Å². The summed E-state index contributed by atoms with van der Waals surface area (Å²) in [6, 6.07) is 5.98. The molecule has 2 rings (SSSR count). The minimum Gasteiger partial charge on any atom is -0.482 e. The zero-order valence-electron chi connectivity index (χ0n) is 11.5. The number of carbonyl (C=O) groups is 1. The third kappa shape index (κ3) is 3.70. The molecule has 0 fully saturated rings. The Balaban J connectivity index is 1.97. The highest BCUT2D eigenvalue weighted by Crippen LogP contribution is 2.30. The molecule has 1 unspecified atom stereocenters. The normalized spacial score (nSPS) is 18.0. The molecule has 1 aliphatic carbocycles. The average molecular weight is 263 g/mol. The number of nitrogens with two attached hydrogens (primary N) is 1. The predicted molar refractivity (Wildman–Crippen MR) is 73.0 cm³/mol. The van der Waals surface area contributed by atoms with Crippen molar-refractivity contribution in [3.8, 4) is 5.75 Å². The van der Waals surface area contributed by atoms with Crippen molar-refractivity contribution in [2.75, 3.05) is 6.61 Å². The van der Waals surface area contributed by atoms with Gasteiger partial charge in [0.15, 0.2) is 6.61 Å². The molecule has 0 heterocycles. The zero-order valence-corrected chi connectivity index (χ0v) is 11.5. The molecule has 0 saturated heterocycles. The number of ether oxygens (including phenoxy) is 2. The molecular weight excluding hydrogens is 242 g/mol. The van der Waals surface area contributed by atoms with Gasteiger partial charge in [0.1, 0.15) is 5.75 Å². The second-order valence-corrected chi connectivity index (χ2v) is 5.19. The van der Waals surface area contributed by atoms with Crippen LogP contribution in [0, 0.1) is 0 Å². The summed E-state index contributed by atoms with van der Waals surface area (Å²) in [6.45, 7) is 3.58. The molecule has 1 aromatic rings. The van der Waals surface area contributed by atoms with Gasteiger partial charge in [-0.05, 0) is 56.4 Å². The lowest BCUT2D eigenvalue weighted by molar-refractivity contribution is -0.149. The molecule has 1 aliphatic rings. The number of carbonyl (C=O) groups excluding carboxylic acids is 1. The van der Waals surface area contributed by atoms with Crippen molar-refractivity contribution >= 4 is 5.97 Å². The molecule has 2 N–H and O–H groups in total. The van der Waals surface area contributed by atoms with Gasteiger partial charge in [-0.2, -0.15) is 0 Å². The fraction of sp³-hybridized carbons (Fsp3) is 0.533. The van der Waals surface area contributed by atoms with Gasteiger partial charge >= 0.3 is 5.97 Å². The second-order valence-electron chi connectivity index (χ2n) is 5.19. The molecule has 19 heavy (non-hydrogen) atoms. The zero-order chi connectivity index (χ0) is 13.8. The standard InChI is InChI=1S/C15H21NO3/c1-10(2)19-15(17)9-18-12-6-7-13-11(8-12)4-3-5-14(13)16/h6-8,10,14H,3-5,9,16H2,1-2H3. The molecule has 0 aliphatic heterocycles. The van der Waals surface area contributed by atoms with Crippen molar-refractivity contribution in [3.05, 3.63) is 29.3 Å². The number of hydrogen-bond donors (Lipinski definition) is 1. The Hall–Kier alpha value is -1.55. The van der Waals surface area contributed by atoms with E-state index in [2.05, 4.69) is 0 Å². The van der Waals surface area contributed by atoms with E-state index >= 15 is 0 Å². The smallest absolute Gasteiger partial charge is 0.344 e. The summed E-state index contributed by atoms with van der Waals surface area (Å²) in [5.74, 6) is 0.359. The number of aryl methyl sites for hydroxylation is 1. The van der Waals surface area contributed by atoms with E-state index in [9.17, 15) is 4.79 Å². The largest absolute Gasteiger partial charge is 0.482 e. The second kappa shape index (κ2) is 6.06. The Morgan fingerprint density at radius 3 is 3.00 bits per heavy atom. The maximum atomic E-state index is 11.4. The number of hydrogen-bond acceptors (Lipinski definition) is 4. The SMILES string of the molecule is CC(C)OC(=O)COc1ccc2c(c1)CCCC2N. The van der Waals surface area contributed by atoms with Crippen LogP contribution >= 0.6 is 0 Å². The molecule has 0 amide bonds. The summed E-state index contributed by atoms with van der Waals surface area (Å²) in [4.78, 5) is 11.4. The van der Waals surface area contributed by atoms with Gasteiger partial charge in [0.25, 0.3) is 0 Å². The van der Waals surface area contributed by atoms with Gasteiger partial charge in [0.05, 0.1) is 6.10 Å². The van der Waals surface area contributed by atoms with Crippen LogP contribution in [0.1, 0.15) is 43.9 Å². The Morgan fingerprint density at radius 1 is 1.47 bits per heavy atom. The van der Waals surface area contributed by atoms with E-state index in [0.29, 0.717) is 5.75 Å². The van der Waals surface area contributed by atoms with E-state index in [0.717, 1.165) is 19.3 Å². The maximum Gasteiger partial charge on any atom is 0.344 e. The van der Waals surface area contributed by atoms with Crippen molar-refractivity contribution in [3.63, 3.8) is 0 Å². The van der Waals surface area contributed by atoms with Gasteiger partial charge in [-0.15, -0.1) is 0 Å². The highest BCUT2D eigenvalue weighted by Gasteiger charge is 2.17. The van der Waals surface area contributed by atoms with Gasteiger partial charge in [-0.25, -0.2) is 4.79 Å². The van der Waals surface area contributed by atoms with E-state index in [1.165, 1.54) is 11.1 Å². The summed E-state index contributed by atoms with van der Waals surface area (Å²) in [7, 11) is 0. The lowest BCUT2D eigenvalue weighted by Gasteiger charge is -2.22. The van der Waals surface area contributed by atoms with E-state index < -0.39 is 0 Å². The Bertz CT molecular complexity index is 457. The number of esters is 1. The number of fused-ring (bicyclic) bond motifs is 1. The number of benzene rings is 1. The van der Waals surface area contributed by atoms with Gasteiger partial charge in [-0.3, -0.25) is 0 Å². The Kier molecular flexibility index (Phi) is 4.43. The maximum absolute atomic E-state index is 11.4. The van der Waals surface area contributed by atoms with E-state index in [1.54, 1.807) is 0 Å². The fourth-order valence-electron chi connectivity index (χ4n) is 2.36. The molecule has 1 aromatic carbocycles. The highest BCUT2D eigenvalue weighted by molar-refractivity contribution is 5.71. The molecule has 0 spiro atoms. The van der Waals surface area contributed by atoms with Gasteiger partial charge in [0, 0.05) is 6.04 Å². The first-order valence-corrected chi connectivity index (χ1v) is 6.77. The molecule has 4 heteroatoms. The summed E-state index contributed by atoms with van der Waals surface area (Å²) >= 11 is 0. The molecule has 104 valence electrons. The first-order valence-electron chi connectivity index (χ1n) is 6.77. The van der Waals surface area contributed by atoms with Crippen LogP contribution in [0.4, 0.5) is 0 Å². The molecule has 0 bridgehead atoms. The molecule has 0 aromatic heterocycles. The molecular formula is C15H21NO3. The Morgan fingerprint density at radius 2 is 2.26 bits per heavy atom. The summed E-state index contributed by atoms with van der Waals surface area (Å²) in [5.41, 5.74) is 8.49. The van der Waals surface area contributed by atoms with Crippen LogP contribution in [0.2, 0.25) is 0 Å². The molecule has 0 saturated carbocycles. The number of rotatable bonds is 4. The summed E-state index contributed by atoms with van der Waals surface area (Å²) in [5, 5.41) is 0. The average Bonchev–Trinajstić information content (AvgIpc) is 2.36. The third-order valence-corrected chi connectivity index (χ3v) is 3.20. The van der Waals surface area contributed by atoms with Crippen LogP contribution in [0.5, 0.6) is 5.75 Å². The fourth-order valence-corrected chi connectivity index (χ4v) is 2.36. The quantitative estimate of drug-likeness (QED) is 0.847. The summed E-state index contributed by atoms with van der Waals surface area (Å²) in [6.07, 6.45) is 3.05. The molecule has 4 nitrogen and oxygen atoms in total. The van der Waals surface area contributed by atoms with Crippen molar-refractivity contribution in [1.29, 1.82) is 0 Å². The molecule has 0 radical (unpaired) electrons. The third-order valence-electron chi connectivity index (χ3n) is 3.20. The lowest BCUT2D eigenvalue weighted by atomic mass is 9.88. The van der Waals surface area contributed by atoms with Crippen LogP contribution in [0.3, 0.4) is 0 Å². The van der Waals surface area contributed by atoms with Crippen molar-refractivity contribution < 1.29 is 14.3 Å². The lowest BCUT2D eigenvalue weighted by Crippen LogP contribution is -2.19. The van der Waals surface area contributed by atoms with E-state index in [4.69, 9.17) is 15.2 Å². The van der Waals surface area contributed by atoms with E-state index in [1.807, 2.05) is 32.0 Å². The van der Waals surface area contributed by atoms with Crippen LogP contribution in [-0.2, 0) is 16.0 Å².